The van der Waals surface area contributed by atoms with Crippen molar-refractivity contribution in [1.29, 1.82) is 0 Å². The lowest BCUT2D eigenvalue weighted by molar-refractivity contribution is 0.0219. The number of carbonyl (C=O) groups excluding carboxylic acids is 1. The molecular weight excluding hydrogens is 290 g/mol. The van der Waals surface area contributed by atoms with Gasteiger partial charge in [-0.3, -0.25) is 0 Å². The Balaban J connectivity index is 1.71. The predicted molar refractivity (Wildman–Crippen MR) is 93.7 cm³/mol. The zero-order valence-corrected chi connectivity index (χ0v) is 15.4. The lowest BCUT2D eigenvalue weighted by Crippen LogP contribution is -2.42. The van der Waals surface area contributed by atoms with Crippen molar-refractivity contribution in [2.75, 3.05) is 39.3 Å². The Morgan fingerprint density at radius 3 is 2.65 bits per heavy atom. The average molecular weight is 325 g/mol. The van der Waals surface area contributed by atoms with Gasteiger partial charge in [0.2, 0.25) is 0 Å². The zero-order chi connectivity index (χ0) is 16.9. The van der Waals surface area contributed by atoms with E-state index in [1.165, 1.54) is 12.8 Å². The van der Waals surface area contributed by atoms with E-state index in [1.54, 1.807) is 0 Å². The van der Waals surface area contributed by atoms with Crippen LogP contribution in [0.25, 0.3) is 0 Å². The summed E-state index contributed by atoms with van der Waals surface area (Å²) in [5, 5.41) is 3.52. The molecule has 1 amide bonds. The second-order valence-corrected chi connectivity index (χ2v) is 8.06. The summed E-state index contributed by atoms with van der Waals surface area (Å²) in [6.45, 7) is 14.3. The molecular formula is C18H35N3O2. The van der Waals surface area contributed by atoms with Crippen LogP contribution in [0, 0.1) is 5.92 Å². The number of likely N-dealkylation sites (tertiary alicyclic amines) is 1. The van der Waals surface area contributed by atoms with Crippen LogP contribution in [0.15, 0.2) is 0 Å². The Bertz CT molecular complexity index is 377. The molecule has 0 aromatic carbocycles. The normalized spacial score (nSPS) is 22.3. The van der Waals surface area contributed by atoms with Crippen molar-refractivity contribution < 1.29 is 9.53 Å². The number of hydrogen-bond acceptors (Lipinski definition) is 4. The highest BCUT2D eigenvalue weighted by molar-refractivity contribution is 5.69. The van der Waals surface area contributed by atoms with E-state index in [1.807, 2.05) is 25.7 Å². The van der Waals surface area contributed by atoms with Crippen molar-refractivity contribution in [1.82, 2.24) is 15.1 Å². The van der Waals surface area contributed by atoms with Crippen molar-refractivity contribution in [3.8, 4) is 0 Å². The monoisotopic (exact) mass is 325 g/mol. The molecule has 1 atom stereocenters. The summed E-state index contributed by atoms with van der Waals surface area (Å²) in [5.41, 5.74) is -0.409. The van der Waals surface area contributed by atoms with E-state index in [-0.39, 0.29) is 6.09 Å². The molecule has 1 heterocycles. The van der Waals surface area contributed by atoms with Gasteiger partial charge in [-0.15, -0.1) is 0 Å². The maximum atomic E-state index is 12.4. The summed E-state index contributed by atoms with van der Waals surface area (Å²) in [4.78, 5) is 16.8. The minimum absolute atomic E-state index is 0.139. The largest absolute Gasteiger partial charge is 0.444 e. The summed E-state index contributed by atoms with van der Waals surface area (Å²) in [6.07, 6.45) is 4.58. The average Bonchev–Trinajstić information content (AvgIpc) is 3.17. The fourth-order valence-electron chi connectivity index (χ4n) is 3.14. The lowest BCUT2D eigenvalue weighted by Gasteiger charge is -2.29. The van der Waals surface area contributed by atoms with Crippen LogP contribution in [-0.4, -0.2) is 66.8 Å². The standard InChI is InChI=1S/C18H35N3O2/c1-5-9-19-13-15-8-10-20(14-15)11-12-21(16-6-7-16)17(22)23-18(2,3)4/h15-16,19H,5-14H2,1-4H3. The van der Waals surface area contributed by atoms with Gasteiger partial charge in [-0.1, -0.05) is 6.92 Å². The molecule has 5 heteroatoms. The molecule has 5 nitrogen and oxygen atoms in total. The van der Waals surface area contributed by atoms with Gasteiger partial charge in [0.15, 0.2) is 0 Å². The van der Waals surface area contributed by atoms with E-state index in [0.29, 0.717) is 6.04 Å². The molecule has 2 rings (SSSR count). The zero-order valence-electron chi connectivity index (χ0n) is 15.4. The van der Waals surface area contributed by atoms with Crippen molar-refractivity contribution in [3.05, 3.63) is 0 Å². The number of rotatable bonds is 8. The summed E-state index contributed by atoms with van der Waals surface area (Å²) >= 11 is 0. The van der Waals surface area contributed by atoms with E-state index < -0.39 is 5.60 Å². The van der Waals surface area contributed by atoms with Crippen LogP contribution in [0.5, 0.6) is 0 Å². The van der Waals surface area contributed by atoms with Crippen molar-refractivity contribution in [2.24, 2.45) is 5.92 Å². The van der Waals surface area contributed by atoms with E-state index in [9.17, 15) is 4.79 Å². The quantitative estimate of drug-likeness (QED) is 0.697. The molecule has 1 saturated heterocycles. The molecule has 1 aliphatic heterocycles. The van der Waals surface area contributed by atoms with Gasteiger partial charge < -0.3 is 19.9 Å². The smallest absolute Gasteiger partial charge is 0.410 e. The summed E-state index contributed by atoms with van der Waals surface area (Å²) < 4.78 is 5.56. The number of nitrogens with one attached hydrogen (secondary N) is 1. The molecule has 0 aromatic heterocycles. The minimum Gasteiger partial charge on any atom is -0.444 e. The molecule has 0 spiro atoms. The highest BCUT2D eigenvalue weighted by Crippen LogP contribution is 2.28. The molecule has 2 fully saturated rings. The SMILES string of the molecule is CCCNCC1CCN(CCN(C(=O)OC(C)(C)C)C2CC2)C1. The maximum absolute atomic E-state index is 12.4. The Morgan fingerprint density at radius 2 is 2.04 bits per heavy atom. The maximum Gasteiger partial charge on any atom is 0.410 e. The van der Waals surface area contributed by atoms with Crippen LogP contribution in [0.4, 0.5) is 4.79 Å². The predicted octanol–water partition coefficient (Wildman–Crippen LogP) is 2.71. The molecule has 1 unspecified atom stereocenters. The highest BCUT2D eigenvalue weighted by Gasteiger charge is 2.35. The number of amides is 1. The molecule has 0 radical (unpaired) electrons. The minimum atomic E-state index is -0.409. The van der Waals surface area contributed by atoms with Crippen LogP contribution < -0.4 is 5.32 Å². The first-order valence-corrected chi connectivity index (χ1v) is 9.31. The van der Waals surface area contributed by atoms with E-state index in [4.69, 9.17) is 4.74 Å². The summed E-state index contributed by atoms with van der Waals surface area (Å²) in [7, 11) is 0. The molecule has 1 N–H and O–H groups in total. The Hall–Kier alpha value is -0.810. The molecule has 23 heavy (non-hydrogen) atoms. The Morgan fingerprint density at radius 1 is 1.30 bits per heavy atom. The van der Waals surface area contributed by atoms with Crippen LogP contribution >= 0.6 is 0 Å². The Labute approximate surface area is 141 Å². The van der Waals surface area contributed by atoms with Crippen molar-refractivity contribution >= 4 is 6.09 Å². The van der Waals surface area contributed by atoms with Crippen LogP contribution in [0.2, 0.25) is 0 Å². The second-order valence-electron chi connectivity index (χ2n) is 8.06. The first kappa shape index (κ1) is 18.5. The van der Waals surface area contributed by atoms with Crippen LogP contribution in [0.1, 0.15) is 53.4 Å². The van der Waals surface area contributed by atoms with Gasteiger partial charge in [0.1, 0.15) is 5.60 Å². The van der Waals surface area contributed by atoms with E-state index in [2.05, 4.69) is 17.1 Å². The number of ether oxygens (including phenoxy) is 1. The third-order valence-corrected chi connectivity index (χ3v) is 4.50. The molecule has 1 aliphatic carbocycles. The van der Waals surface area contributed by atoms with Gasteiger partial charge in [-0.2, -0.15) is 0 Å². The van der Waals surface area contributed by atoms with Crippen LogP contribution in [-0.2, 0) is 4.74 Å². The van der Waals surface area contributed by atoms with Gasteiger partial charge in [-0.05, 0) is 72.0 Å². The molecule has 0 bridgehead atoms. The molecule has 0 aromatic rings. The first-order chi connectivity index (χ1) is 10.9. The second kappa shape index (κ2) is 8.34. The summed E-state index contributed by atoms with van der Waals surface area (Å²) in [5.74, 6) is 0.762. The third-order valence-electron chi connectivity index (χ3n) is 4.50. The van der Waals surface area contributed by atoms with Gasteiger partial charge >= 0.3 is 6.09 Å². The van der Waals surface area contributed by atoms with Gasteiger partial charge in [0, 0.05) is 25.7 Å². The van der Waals surface area contributed by atoms with Crippen molar-refractivity contribution in [2.45, 2.75) is 65.0 Å². The molecule has 1 saturated carbocycles. The third kappa shape index (κ3) is 6.68. The van der Waals surface area contributed by atoms with Gasteiger partial charge in [0.05, 0.1) is 0 Å². The first-order valence-electron chi connectivity index (χ1n) is 9.31. The Kier molecular flexibility index (Phi) is 6.72. The van der Waals surface area contributed by atoms with E-state index >= 15 is 0 Å². The summed E-state index contributed by atoms with van der Waals surface area (Å²) in [6, 6.07) is 0.412. The number of carbonyl (C=O) groups is 1. The topological polar surface area (TPSA) is 44.8 Å². The molecule has 2 aliphatic rings. The van der Waals surface area contributed by atoms with Crippen molar-refractivity contribution in [3.63, 3.8) is 0 Å². The highest BCUT2D eigenvalue weighted by atomic mass is 16.6. The fraction of sp³-hybridized carbons (Fsp3) is 0.944. The fourth-order valence-corrected chi connectivity index (χ4v) is 3.14. The number of nitrogens with zero attached hydrogens (tertiary/aromatic N) is 2. The molecule has 134 valence electrons. The number of hydrogen-bond donors (Lipinski definition) is 1. The van der Waals surface area contributed by atoms with E-state index in [0.717, 1.165) is 58.0 Å². The van der Waals surface area contributed by atoms with Crippen LogP contribution in [0.3, 0.4) is 0 Å². The lowest BCUT2D eigenvalue weighted by atomic mass is 10.1. The van der Waals surface area contributed by atoms with Gasteiger partial charge in [0.25, 0.3) is 0 Å². The van der Waals surface area contributed by atoms with Gasteiger partial charge in [-0.25, -0.2) is 4.79 Å².